The monoisotopic (exact) mass is 572 g/mol. The number of hydrogen-bond donors (Lipinski definition) is 1. The Balaban J connectivity index is 1.35. The Morgan fingerprint density at radius 2 is 1.78 bits per heavy atom. The summed E-state index contributed by atoms with van der Waals surface area (Å²) in [5.74, 6) is 1.92. The molecule has 2 aliphatic carbocycles. The standard InChI is InChI=1S/C29H30Cl2N2O2S2/c1-29(2,3)18-8-6-15(7-9-18)23-24-16-4-5-17(12-16)25(24)36-27-26(23)37-28(35)33(27)14-22(34)32-19-10-11-20(30)21(31)13-19/h6-11,13,16-17,23-25H,4-5,12,14H2,1-3H3,(H,32,34)/t16?,17?,23-,24?,25?/m0/s1. The number of nitrogens with one attached hydrogen (secondary N) is 1. The van der Waals surface area contributed by atoms with Crippen LogP contribution in [-0.4, -0.2) is 15.7 Å². The molecule has 2 heterocycles. The molecule has 6 rings (SSSR count). The van der Waals surface area contributed by atoms with E-state index in [9.17, 15) is 9.59 Å². The fraction of sp³-hybridized carbons (Fsp3) is 0.448. The number of nitrogens with zero attached hydrogens (tertiary/aromatic N) is 1. The number of rotatable bonds is 4. The van der Waals surface area contributed by atoms with Crippen LogP contribution in [0.2, 0.25) is 10.0 Å². The molecule has 2 aromatic carbocycles. The minimum absolute atomic E-state index is 0.0148. The lowest BCUT2D eigenvalue weighted by Gasteiger charge is -2.40. The molecule has 0 radical (unpaired) electrons. The summed E-state index contributed by atoms with van der Waals surface area (Å²) in [5.41, 5.74) is 3.27. The predicted octanol–water partition coefficient (Wildman–Crippen LogP) is 7.81. The topological polar surface area (TPSA) is 51.1 Å². The van der Waals surface area contributed by atoms with E-state index in [4.69, 9.17) is 23.2 Å². The lowest BCUT2D eigenvalue weighted by molar-refractivity contribution is -0.116. The van der Waals surface area contributed by atoms with Crippen molar-refractivity contribution in [3.63, 3.8) is 0 Å². The van der Waals surface area contributed by atoms with E-state index in [0.29, 0.717) is 38.7 Å². The minimum atomic E-state index is -0.247. The molecule has 8 heteroatoms. The molecule has 1 N–H and O–H groups in total. The van der Waals surface area contributed by atoms with Gasteiger partial charge in [-0.25, -0.2) is 0 Å². The highest BCUT2D eigenvalue weighted by Crippen LogP contribution is 2.64. The highest BCUT2D eigenvalue weighted by Gasteiger charge is 2.55. The maximum Gasteiger partial charge on any atom is 0.308 e. The Kier molecular flexibility index (Phi) is 6.54. The SMILES string of the molecule is CC(C)(C)c1ccc([C@@H]2c3sc(=O)n(CC(=O)Nc4ccc(Cl)c(Cl)c4)c3SC3C4CCC(C4)C32)cc1. The van der Waals surface area contributed by atoms with Gasteiger partial charge in [-0.05, 0) is 71.8 Å². The summed E-state index contributed by atoms with van der Waals surface area (Å²) in [5, 5.41) is 5.16. The summed E-state index contributed by atoms with van der Waals surface area (Å²) in [6.45, 7) is 6.69. The van der Waals surface area contributed by atoms with E-state index in [1.54, 1.807) is 22.8 Å². The molecule has 0 saturated heterocycles. The number of carbonyl (C=O) groups excluding carboxylic acids is 1. The van der Waals surface area contributed by atoms with Crippen molar-refractivity contribution in [1.82, 2.24) is 4.57 Å². The van der Waals surface area contributed by atoms with Gasteiger partial charge < -0.3 is 5.32 Å². The van der Waals surface area contributed by atoms with Crippen LogP contribution in [0.4, 0.5) is 5.69 Å². The molecule has 1 aliphatic heterocycles. The first-order valence-corrected chi connectivity index (χ1v) is 15.3. The zero-order valence-electron chi connectivity index (χ0n) is 21.1. The molecule has 3 aromatic rings. The third kappa shape index (κ3) is 4.58. The van der Waals surface area contributed by atoms with Gasteiger partial charge in [0.1, 0.15) is 6.54 Å². The zero-order chi connectivity index (χ0) is 26.1. The Morgan fingerprint density at radius 3 is 2.49 bits per heavy atom. The van der Waals surface area contributed by atoms with Crippen LogP contribution in [0.5, 0.6) is 0 Å². The fourth-order valence-electron chi connectivity index (χ4n) is 6.57. The normalized spacial score (nSPS) is 26.1. The number of aromatic nitrogens is 1. The van der Waals surface area contributed by atoms with Gasteiger partial charge in [-0.15, -0.1) is 11.8 Å². The second-order valence-electron chi connectivity index (χ2n) is 11.6. The van der Waals surface area contributed by atoms with E-state index in [1.165, 1.54) is 41.7 Å². The highest BCUT2D eigenvalue weighted by atomic mass is 35.5. The maximum atomic E-state index is 13.3. The van der Waals surface area contributed by atoms with Gasteiger partial charge >= 0.3 is 4.87 Å². The first-order chi connectivity index (χ1) is 17.6. The third-order valence-electron chi connectivity index (χ3n) is 8.33. The van der Waals surface area contributed by atoms with Crippen molar-refractivity contribution < 1.29 is 4.79 Å². The van der Waals surface area contributed by atoms with Crippen molar-refractivity contribution in [3.8, 4) is 0 Å². The lowest BCUT2D eigenvalue weighted by Crippen LogP contribution is -2.35. The fourth-order valence-corrected chi connectivity index (χ4v) is 10.0. The average Bonchev–Trinajstić information content (AvgIpc) is 3.54. The van der Waals surface area contributed by atoms with Gasteiger partial charge in [-0.3, -0.25) is 14.2 Å². The molecule has 194 valence electrons. The molecule has 2 saturated carbocycles. The van der Waals surface area contributed by atoms with Crippen LogP contribution >= 0.6 is 46.3 Å². The van der Waals surface area contributed by atoms with Crippen molar-refractivity contribution in [2.75, 3.05) is 5.32 Å². The molecular weight excluding hydrogens is 543 g/mol. The second-order valence-corrected chi connectivity index (χ2v) is 14.6. The van der Waals surface area contributed by atoms with Crippen molar-refractivity contribution in [1.29, 1.82) is 0 Å². The smallest absolute Gasteiger partial charge is 0.308 e. The number of amides is 1. The molecule has 0 spiro atoms. The van der Waals surface area contributed by atoms with Crippen molar-refractivity contribution >= 4 is 57.9 Å². The van der Waals surface area contributed by atoms with Crippen LogP contribution in [0.25, 0.3) is 0 Å². The van der Waals surface area contributed by atoms with Gasteiger partial charge in [0.25, 0.3) is 0 Å². The van der Waals surface area contributed by atoms with Crippen molar-refractivity contribution in [2.24, 2.45) is 17.8 Å². The molecule has 4 unspecified atom stereocenters. The second kappa shape index (κ2) is 9.48. The van der Waals surface area contributed by atoms with E-state index in [2.05, 4.69) is 50.4 Å². The average molecular weight is 574 g/mol. The number of carbonyl (C=O) groups is 1. The van der Waals surface area contributed by atoms with Gasteiger partial charge in [0.15, 0.2) is 0 Å². The van der Waals surface area contributed by atoms with E-state index in [1.807, 2.05) is 11.8 Å². The van der Waals surface area contributed by atoms with Gasteiger partial charge in [0.05, 0.1) is 15.1 Å². The maximum absolute atomic E-state index is 13.3. The van der Waals surface area contributed by atoms with Gasteiger partial charge in [0, 0.05) is 21.7 Å². The molecule has 3 aliphatic rings. The predicted molar refractivity (Wildman–Crippen MR) is 155 cm³/mol. The lowest BCUT2D eigenvalue weighted by atomic mass is 9.74. The first-order valence-electron chi connectivity index (χ1n) is 12.9. The molecule has 1 amide bonds. The highest BCUT2D eigenvalue weighted by molar-refractivity contribution is 8.00. The van der Waals surface area contributed by atoms with E-state index in [0.717, 1.165) is 9.90 Å². The van der Waals surface area contributed by atoms with E-state index >= 15 is 0 Å². The van der Waals surface area contributed by atoms with Crippen LogP contribution in [0.3, 0.4) is 0 Å². The van der Waals surface area contributed by atoms with Gasteiger partial charge in [-0.2, -0.15) is 0 Å². The molecule has 2 bridgehead atoms. The van der Waals surface area contributed by atoms with Gasteiger partial charge in [0.2, 0.25) is 5.91 Å². The Hall–Kier alpha value is -1.73. The van der Waals surface area contributed by atoms with Crippen molar-refractivity contribution in [2.45, 2.75) is 68.2 Å². The summed E-state index contributed by atoms with van der Waals surface area (Å²) >= 11 is 15.3. The molecular formula is C29H30Cl2N2O2S2. The van der Waals surface area contributed by atoms with Crippen LogP contribution in [-0.2, 0) is 16.8 Å². The van der Waals surface area contributed by atoms with Crippen LogP contribution in [0.15, 0.2) is 52.3 Å². The van der Waals surface area contributed by atoms with E-state index in [-0.39, 0.29) is 28.7 Å². The summed E-state index contributed by atoms with van der Waals surface area (Å²) < 4.78 is 1.69. The number of halogens is 2. The molecule has 2 fully saturated rings. The number of thiazole rings is 1. The number of fused-ring (bicyclic) bond motifs is 6. The Labute approximate surface area is 235 Å². The number of benzene rings is 2. The summed E-state index contributed by atoms with van der Waals surface area (Å²) in [6.07, 6.45) is 3.85. The third-order valence-corrected chi connectivity index (χ3v) is 11.9. The molecule has 37 heavy (non-hydrogen) atoms. The Morgan fingerprint density at radius 1 is 1.05 bits per heavy atom. The quantitative estimate of drug-likeness (QED) is 0.347. The van der Waals surface area contributed by atoms with Crippen LogP contribution in [0.1, 0.15) is 62.0 Å². The summed E-state index contributed by atoms with van der Waals surface area (Å²) in [6, 6.07) is 14.0. The largest absolute Gasteiger partial charge is 0.324 e. The Bertz CT molecular complexity index is 1420. The number of hydrogen-bond acceptors (Lipinski definition) is 4. The number of anilines is 1. The van der Waals surface area contributed by atoms with Crippen LogP contribution < -0.4 is 10.2 Å². The molecule has 5 atom stereocenters. The molecule has 4 nitrogen and oxygen atoms in total. The number of thioether (sulfide) groups is 1. The van der Waals surface area contributed by atoms with Crippen molar-refractivity contribution in [3.05, 3.63) is 78.2 Å². The summed E-state index contributed by atoms with van der Waals surface area (Å²) in [7, 11) is 0. The van der Waals surface area contributed by atoms with E-state index < -0.39 is 0 Å². The first kappa shape index (κ1) is 25.5. The molecule has 1 aromatic heterocycles. The van der Waals surface area contributed by atoms with Crippen LogP contribution in [0, 0.1) is 17.8 Å². The summed E-state index contributed by atoms with van der Waals surface area (Å²) in [4.78, 5) is 27.4. The minimum Gasteiger partial charge on any atom is -0.324 e. The zero-order valence-corrected chi connectivity index (χ0v) is 24.2. The van der Waals surface area contributed by atoms with Gasteiger partial charge in [-0.1, -0.05) is 79.6 Å².